The number of hydrogen-bond acceptors (Lipinski definition) is 4. The molecule has 1 aromatic carbocycles. The molecule has 0 bridgehead atoms. The normalized spacial score (nSPS) is 10.4. The number of aromatic amines is 1. The average Bonchev–Trinajstić information content (AvgIpc) is 2.36. The minimum Gasteiger partial charge on any atom is -0.478 e. The number of aromatic nitrogens is 3. The van der Waals surface area contributed by atoms with Crippen molar-refractivity contribution in [3.63, 3.8) is 0 Å². The van der Waals surface area contributed by atoms with E-state index in [4.69, 9.17) is 5.11 Å². The van der Waals surface area contributed by atoms with Gasteiger partial charge in [-0.3, -0.25) is 9.78 Å². The van der Waals surface area contributed by atoms with E-state index in [1.807, 2.05) is 0 Å². The zero-order valence-electron chi connectivity index (χ0n) is 10.1. The number of hydrogen-bond donors (Lipinski definition) is 2. The van der Waals surface area contributed by atoms with Crippen LogP contribution < -0.4 is 11.2 Å². The molecule has 19 heavy (non-hydrogen) atoms. The zero-order chi connectivity index (χ0) is 14.0. The monoisotopic (exact) mass is 261 g/mol. The summed E-state index contributed by atoms with van der Waals surface area (Å²) in [5.74, 6) is -1.04. The first-order chi connectivity index (χ1) is 8.97. The van der Waals surface area contributed by atoms with Gasteiger partial charge in [0.15, 0.2) is 0 Å². The number of carbonyl (C=O) groups is 1. The molecule has 0 aliphatic carbocycles. The van der Waals surface area contributed by atoms with Gasteiger partial charge in [-0.05, 0) is 24.6 Å². The van der Waals surface area contributed by atoms with Crippen LogP contribution in [-0.2, 0) is 6.54 Å². The van der Waals surface area contributed by atoms with E-state index < -0.39 is 17.2 Å². The van der Waals surface area contributed by atoms with Crippen molar-refractivity contribution in [3.05, 3.63) is 61.9 Å². The van der Waals surface area contributed by atoms with Crippen molar-refractivity contribution in [2.45, 2.75) is 13.5 Å². The number of nitrogens with zero attached hydrogens (tertiary/aromatic N) is 2. The van der Waals surface area contributed by atoms with Gasteiger partial charge in [0.2, 0.25) is 0 Å². The molecule has 0 atom stereocenters. The lowest BCUT2D eigenvalue weighted by Gasteiger charge is -2.05. The third kappa shape index (κ3) is 2.76. The highest BCUT2D eigenvalue weighted by molar-refractivity contribution is 5.87. The van der Waals surface area contributed by atoms with Crippen LogP contribution in [0, 0.1) is 6.92 Å². The Morgan fingerprint density at radius 3 is 2.84 bits per heavy atom. The Bertz CT molecular complexity index is 745. The summed E-state index contributed by atoms with van der Waals surface area (Å²) in [6.07, 6.45) is 0. The highest BCUT2D eigenvalue weighted by Crippen LogP contribution is 2.05. The lowest BCUT2D eigenvalue weighted by molar-refractivity contribution is 0.0696. The summed E-state index contributed by atoms with van der Waals surface area (Å²) in [6, 6.07) is 6.18. The van der Waals surface area contributed by atoms with Gasteiger partial charge >= 0.3 is 11.7 Å². The quantitative estimate of drug-likeness (QED) is 0.808. The molecule has 7 heteroatoms. The van der Waals surface area contributed by atoms with Crippen molar-refractivity contribution in [1.82, 2.24) is 14.8 Å². The van der Waals surface area contributed by atoms with Gasteiger partial charge in [-0.25, -0.2) is 14.3 Å². The van der Waals surface area contributed by atoms with Gasteiger partial charge in [-0.15, -0.1) is 0 Å². The Hall–Kier alpha value is -2.70. The molecule has 98 valence electrons. The third-order valence-electron chi connectivity index (χ3n) is 2.56. The molecule has 0 aliphatic rings. The molecular formula is C12H11N3O4. The first-order valence-corrected chi connectivity index (χ1v) is 5.47. The maximum Gasteiger partial charge on any atom is 0.345 e. The predicted octanol–water partition coefficient (Wildman–Crippen LogP) is -0.0135. The number of carboxylic acid groups (broad SMARTS) is 1. The van der Waals surface area contributed by atoms with E-state index in [2.05, 4.69) is 10.1 Å². The molecule has 7 nitrogen and oxygen atoms in total. The second kappa shape index (κ2) is 4.89. The highest BCUT2D eigenvalue weighted by atomic mass is 16.4. The molecule has 0 aliphatic heterocycles. The Kier molecular flexibility index (Phi) is 3.28. The van der Waals surface area contributed by atoms with Crippen LogP contribution in [0.1, 0.15) is 21.6 Å². The molecule has 0 saturated heterocycles. The van der Waals surface area contributed by atoms with E-state index in [0.29, 0.717) is 5.56 Å². The van der Waals surface area contributed by atoms with Crippen LogP contribution in [0.3, 0.4) is 0 Å². The minimum absolute atomic E-state index is 0.0948. The lowest BCUT2D eigenvalue weighted by Crippen LogP contribution is -2.34. The number of aryl methyl sites for hydroxylation is 1. The van der Waals surface area contributed by atoms with Crippen molar-refractivity contribution in [2.75, 3.05) is 0 Å². The molecule has 2 N–H and O–H groups in total. The SMILES string of the molecule is Cc1nn(Cc2cccc(C(=O)O)c2)c(=O)[nH]c1=O. The molecule has 1 heterocycles. The van der Waals surface area contributed by atoms with E-state index in [1.54, 1.807) is 12.1 Å². The largest absolute Gasteiger partial charge is 0.478 e. The first kappa shape index (κ1) is 12.7. The molecule has 1 aromatic heterocycles. The van der Waals surface area contributed by atoms with E-state index in [0.717, 1.165) is 4.68 Å². The predicted molar refractivity (Wildman–Crippen MR) is 66.4 cm³/mol. The second-order valence-electron chi connectivity index (χ2n) is 4.01. The fraction of sp³-hybridized carbons (Fsp3) is 0.167. The second-order valence-corrected chi connectivity index (χ2v) is 4.01. The van der Waals surface area contributed by atoms with Gasteiger partial charge in [0.25, 0.3) is 5.56 Å². The molecule has 0 fully saturated rings. The van der Waals surface area contributed by atoms with Gasteiger partial charge in [-0.2, -0.15) is 5.10 Å². The average molecular weight is 261 g/mol. The van der Waals surface area contributed by atoms with Crippen LogP contribution in [0.25, 0.3) is 0 Å². The lowest BCUT2D eigenvalue weighted by atomic mass is 10.1. The summed E-state index contributed by atoms with van der Waals surface area (Å²) in [6.45, 7) is 1.58. The van der Waals surface area contributed by atoms with E-state index in [1.165, 1.54) is 19.1 Å². The molecule has 0 radical (unpaired) electrons. The van der Waals surface area contributed by atoms with Crippen LogP contribution in [0.2, 0.25) is 0 Å². The van der Waals surface area contributed by atoms with Gasteiger partial charge in [0, 0.05) is 0 Å². The molecule has 0 unspecified atom stereocenters. The summed E-state index contributed by atoms with van der Waals surface area (Å²) < 4.78 is 1.08. The fourth-order valence-corrected chi connectivity index (χ4v) is 1.61. The van der Waals surface area contributed by atoms with Gasteiger partial charge in [-0.1, -0.05) is 12.1 Å². The van der Waals surface area contributed by atoms with Crippen molar-refractivity contribution in [3.8, 4) is 0 Å². The summed E-state index contributed by atoms with van der Waals surface area (Å²) in [5.41, 5.74) is -0.238. The maximum atomic E-state index is 11.5. The fourth-order valence-electron chi connectivity index (χ4n) is 1.61. The van der Waals surface area contributed by atoms with Crippen molar-refractivity contribution in [2.24, 2.45) is 0 Å². The highest BCUT2D eigenvalue weighted by Gasteiger charge is 2.06. The number of aromatic carboxylic acids is 1. The van der Waals surface area contributed by atoms with E-state index in [9.17, 15) is 14.4 Å². The third-order valence-corrected chi connectivity index (χ3v) is 2.56. The summed E-state index contributed by atoms with van der Waals surface area (Å²) in [7, 11) is 0. The molecular weight excluding hydrogens is 250 g/mol. The molecule has 2 rings (SSSR count). The Morgan fingerprint density at radius 2 is 2.16 bits per heavy atom. The Morgan fingerprint density at radius 1 is 1.42 bits per heavy atom. The Balaban J connectivity index is 2.39. The summed E-state index contributed by atoms with van der Waals surface area (Å²) >= 11 is 0. The van der Waals surface area contributed by atoms with E-state index in [-0.39, 0.29) is 17.8 Å². The van der Waals surface area contributed by atoms with Gasteiger partial charge in [0.1, 0.15) is 5.69 Å². The molecule has 0 amide bonds. The van der Waals surface area contributed by atoms with Crippen molar-refractivity contribution in [1.29, 1.82) is 0 Å². The summed E-state index contributed by atoms with van der Waals surface area (Å²) in [4.78, 5) is 35.7. The summed E-state index contributed by atoms with van der Waals surface area (Å²) in [5, 5.41) is 12.7. The maximum absolute atomic E-state index is 11.5. The van der Waals surface area contributed by atoms with Crippen molar-refractivity contribution >= 4 is 5.97 Å². The number of nitrogens with one attached hydrogen (secondary N) is 1. The van der Waals surface area contributed by atoms with Crippen LogP contribution in [0.4, 0.5) is 0 Å². The van der Waals surface area contributed by atoms with Crippen LogP contribution in [0.5, 0.6) is 0 Å². The van der Waals surface area contributed by atoms with Crippen LogP contribution in [-0.4, -0.2) is 25.8 Å². The van der Waals surface area contributed by atoms with Crippen LogP contribution in [0.15, 0.2) is 33.9 Å². The van der Waals surface area contributed by atoms with Crippen molar-refractivity contribution < 1.29 is 9.90 Å². The van der Waals surface area contributed by atoms with Gasteiger partial charge < -0.3 is 5.11 Å². The number of H-pyrrole nitrogens is 1. The Labute approximate surface area is 107 Å². The smallest absolute Gasteiger partial charge is 0.345 e. The number of rotatable bonds is 3. The van der Waals surface area contributed by atoms with Gasteiger partial charge in [0.05, 0.1) is 12.1 Å². The zero-order valence-corrected chi connectivity index (χ0v) is 10.1. The molecule has 0 spiro atoms. The molecule has 2 aromatic rings. The first-order valence-electron chi connectivity index (χ1n) is 5.47. The van der Waals surface area contributed by atoms with Crippen LogP contribution >= 0.6 is 0 Å². The molecule has 0 saturated carbocycles. The number of carboxylic acids is 1. The number of benzene rings is 1. The van der Waals surface area contributed by atoms with E-state index >= 15 is 0 Å². The topological polar surface area (TPSA) is 105 Å². The minimum atomic E-state index is -1.04. The standard InChI is InChI=1S/C12H11N3O4/c1-7-10(16)13-12(19)15(14-7)6-8-3-2-4-9(5-8)11(17)18/h2-5H,6H2,1H3,(H,17,18)(H,13,16,19).